The molecule has 21 heavy (non-hydrogen) atoms. The van der Waals surface area contributed by atoms with Crippen molar-refractivity contribution in [2.45, 2.75) is 51.7 Å². The second-order valence-electron chi connectivity index (χ2n) is 6.61. The Kier molecular flexibility index (Phi) is 3.61. The highest BCUT2D eigenvalue weighted by atomic mass is 32.1. The lowest BCUT2D eigenvalue weighted by molar-refractivity contribution is 0.288. The van der Waals surface area contributed by atoms with Crippen molar-refractivity contribution in [2.24, 2.45) is 0 Å². The molecule has 0 amide bonds. The lowest BCUT2D eigenvalue weighted by Crippen LogP contribution is -2.10. The Morgan fingerprint density at radius 1 is 1.29 bits per heavy atom. The van der Waals surface area contributed by atoms with E-state index in [9.17, 15) is 0 Å². The molecule has 112 valence electrons. The molecule has 0 spiro atoms. The van der Waals surface area contributed by atoms with Gasteiger partial charge in [0.1, 0.15) is 12.4 Å². The summed E-state index contributed by atoms with van der Waals surface area (Å²) < 4.78 is 8.62. The Hall–Kier alpha value is -1.62. The normalized spacial score (nSPS) is 15.2. The summed E-state index contributed by atoms with van der Waals surface area (Å²) in [5.41, 5.74) is 1.46. The third-order valence-electron chi connectivity index (χ3n) is 3.78. The van der Waals surface area contributed by atoms with Crippen LogP contribution in [0.3, 0.4) is 0 Å². The van der Waals surface area contributed by atoms with Gasteiger partial charge in [0.05, 0.1) is 0 Å². The average molecular weight is 303 g/mol. The quantitative estimate of drug-likeness (QED) is 0.863. The van der Waals surface area contributed by atoms with Crippen LogP contribution in [0.4, 0.5) is 0 Å². The van der Waals surface area contributed by atoms with Gasteiger partial charge in [-0.1, -0.05) is 32.9 Å². The van der Waals surface area contributed by atoms with E-state index in [4.69, 9.17) is 17.0 Å². The monoisotopic (exact) mass is 303 g/mol. The Morgan fingerprint density at radius 3 is 2.52 bits per heavy atom. The summed E-state index contributed by atoms with van der Waals surface area (Å²) >= 11 is 5.27. The summed E-state index contributed by atoms with van der Waals surface area (Å²) in [6.07, 6.45) is 2.36. The highest BCUT2D eigenvalue weighted by Crippen LogP contribution is 2.36. The van der Waals surface area contributed by atoms with Crippen molar-refractivity contribution in [3.05, 3.63) is 40.4 Å². The van der Waals surface area contributed by atoms with Crippen LogP contribution < -0.4 is 4.74 Å². The molecule has 1 aliphatic carbocycles. The molecule has 0 aliphatic heterocycles. The summed E-state index contributed by atoms with van der Waals surface area (Å²) in [6, 6.07) is 8.78. The lowest BCUT2D eigenvalue weighted by Gasteiger charge is -2.19. The van der Waals surface area contributed by atoms with Crippen LogP contribution in [0.25, 0.3) is 0 Å². The number of aromatic nitrogens is 3. The van der Waals surface area contributed by atoms with Crippen molar-refractivity contribution in [3.8, 4) is 5.75 Å². The van der Waals surface area contributed by atoms with Crippen molar-refractivity contribution in [1.82, 2.24) is 14.8 Å². The highest BCUT2D eigenvalue weighted by Gasteiger charge is 2.27. The third-order valence-corrected chi connectivity index (χ3v) is 4.07. The number of nitrogens with zero attached hydrogens (tertiary/aromatic N) is 2. The molecule has 0 radical (unpaired) electrons. The molecule has 5 heteroatoms. The van der Waals surface area contributed by atoms with Crippen LogP contribution in [0.15, 0.2) is 24.3 Å². The van der Waals surface area contributed by atoms with Gasteiger partial charge in [0.15, 0.2) is 10.6 Å². The molecule has 1 aliphatic rings. The number of ether oxygens (including phenoxy) is 1. The number of H-pyrrole nitrogens is 1. The van der Waals surface area contributed by atoms with Crippen LogP contribution in [-0.4, -0.2) is 14.8 Å². The van der Waals surface area contributed by atoms with E-state index in [1.807, 2.05) is 12.1 Å². The maximum atomic E-state index is 5.84. The van der Waals surface area contributed by atoms with E-state index >= 15 is 0 Å². The molecule has 1 aromatic carbocycles. The molecule has 0 saturated heterocycles. The number of hydrogen-bond donors (Lipinski definition) is 1. The molecule has 1 saturated carbocycles. The van der Waals surface area contributed by atoms with Gasteiger partial charge >= 0.3 is 0 Å². The first-order valence-corrected chi connectivity index (χ1v) is 7.75. The zero-order valence-electron chi connectivity index (χ0n) is 12.7. The van der Waals surface area contributed by atoms with Crippen molar-refractivity contribution < 1.29 is 4.74 Å². The van der Waals surface area contributed by atoms with Crippen molar-refractivity contribution in [3.63, 3.8) is 0 Å². The molecule has 0 unspecified atom stereocenters. The fourth-order valence-corrected chi connectivity index (χ4v) is 2.65. The van der Waals surface area contributed by atoms with Crippen LogP contribution in [-0.2, 0) is 12.0 Å². The summed E-state index contributed by atoms with van der Waals surface area (Å²) in [5.74, 6) is 1.74. The minimum absolute atomic E-state index is 0.160. The largest absolute Gasteiger partial charge is 0.486 e. The van der Waals surface area contributed by atoms with E-state index in [1.165, 1.54) is 18.4 Å². The number of hydrogen-bond acceptors (Lipinski definition) is 3. The van der Waals surface area contributed by atoms with Crippen molar-refractivity contribution >= 4 is 12.2 Å². The molecule has 3 rings (SSSR count). The summed E-state index contributed by atoms with van der Waals surface area (Å²) in [4.78, 5) is 0. The van der Waals surface area contributed by atoms with E-state index < -0.39 is 0 Å². The Morgan fingerprint density at radius 2 is 1.95 bits per heavy atom. The van der Waals surface area contributed by atoms with Gasteiger partial charge in [-0.25, -0.2) is 0 Å². The van der Waals surface area contributed by atoms with Gasteiger partial charge in [-0.15, -0.1) is 0 Å². The fraction of sp³-hybridized carbons (Fsp3) is 0.500. The molecule has 4 nitrogen and oxygen atoms in total. The fourth-order valence-electron chi connectivity index (χ4n) is 2.35. The molecule has 0 bridgehead atoms. The summed E-state index contributed by atoms with van der Waals surface area (Å²) in [6.45, 7) is 7.06. The average Bonchev–Trinajstić information content (AvgIpc) is 3.20. The number of nitrogens with one attached hydrogen (secondary N) is 1. The zero-order valence-corrected chi connectivity index (χ0v) is 13.5. The maximum absolute atomic E-state index is 5.84. The molecular weight excluding hydrogens is 282 g/mol. The number of rotatable bonds is 4. The van der Waals surface area contributed by atoms with E-state index in [2.05, 4.69) is 47.7 Å². The van der Waals surface area contributed by atoms with E-state index in [-0.39, 0.29) is 5.41 Å². The van der Waals surface area contributed by atoms with Gasteiger partial charge in [0.25, 0.3) is 0 Å². The molecule has 2 aromatic rings. The second-order valence-corrected chi connectivity index (χ2v) is 7.00. The van der Waals surface area contributed by atoms with Gasteiger partial charge < -0.3 is 4.74 Å². The molecule has 1 fully saturated rings. The van der Waals surface area contributed by atoms with Crippen LogP contribution in [0.1, 0.15) is 51.0 Å². The predicted molar refractivity (Wildman–Crippen MR) is 85.2 cm³/mol. The first-order valence-electron chi connectivity index (χ1n) is 7.34. The SMILES string of the molecule is CC(C)(C)c1ccc(OCc2n[nH]c(=S)n2C2CC2)cc1. The minimum atomic E-state index is 0.160. The standard InChI is InChI=1S/C16H21N3OS/c1-16(2,3)11-4-8-13(9-5-11)20-10-14-17-18-15(21)19(14)12-6-7-12/h4-5,8-9,12H,6-7,10H2,1-3H3,(H,18,21). The molecule has 1 heterocycles. The smallest absolute Gasteiger partial charge is 0.195 e. The number of aromatic amines is 1. The molecular formula is C16H21N3OS. The first kappa shape index (κ1) is 14.3. The third kappa shape index (κ3) is 3.18. The van der Waals surface area contributed by atoms with Gasteiger partial charge in [-0.05, 0) is 48.2 Å². The maximum Gasteiger partial charge on any atom is 0.195 e. The highest BCUT2D eigenvalue weighted by molar-refractivity contribution is 7.71. The van der Waals surface area contributed by atoms with Gasteiger partial charge in [0.2, 0.25) is 0 Å². The Labute approximate surface area is 130 Å². The van der Waals surface area contributed by atoms with E-state index in [0.717, 1.165) is 11.6 Å². The summed E-state index contributed by atoms with van der Waals surface area (Å²) in [5, 5.41) is 7.13. The van der Waals surface area contributed by atoms with Crippen LogP contribution in [0, 0.1) is 4.77 Å². The zero-order chi connectivity index (χ0) is 15.0. The summed E-state index contributed by atoms with van der Waals surface area (Å²) in [7, 11) is 0. The van der Waals surface area contributed by atoms with Crippen LogP contribution in [0.5, 0.6) is 5.75 Å². The number of benzene rings is 1. The molecule has 1 N–H and O–H groups in total. The van der Waals surface area contributed by atoms with Gasteiger partial charge in [-0.2, -0.15) is 5.10 Å². The van der Waals surface area contributed by atoms with Gasteiger partial charge in [-0.3, -0.25) is 9.67 Å². The first-order chi connectivity index (χ1) is 9.95. The van der Waals surface area contributed by atoms with Crippen molar-refractivity contribution in [2.75, 3.05) is 0 Å². The van der Waals surface area contributed by atoms with E-state index in [1.54, 1.807) is 0 Å². The lowest BCUT2D eigenvalue weighted by atomic mass is 9.87. The topological polar surface area (TPSA) is 42.8 Å². The van der Waals surface area contributed by atoms with E-state index in [0.29, 0.717) is 17.4 Å². The molecule has 1 aromatic heterocycles. The van der Waals surface area contributed by atoms with Crippen LogP contribution >= 0.6 is 12.2 Å². The second kappa shape index (κ2) is 5.30. The minimum Gasteiger partial charge on any atom is -0.486 e. The Bertz CT molecular complexity index is 675. The molecule has 0 atom stereocenters. The van der Waals surface area contributed by atoms with Gasteiger partial charge in [0, 0.05) is 6.04 Å². The van der Waals surface area contributed by atoms with Crippen LogP contribution in [0.2, 0.25) is 0 Å². The Balaban J connectivity index is 1.69. The van der Waals surface area contributed by atoms with Crippen molar-refractivity contribution in [1.29, 1.82) is 0 Å². The predicted octanol–water partition coefficient (Wildman–Crippen LogP) is 4.15.